The van der Waals surface area contributed by atoms with Crippen LogP contribution in [0.4, 0.5) is 11.4 Å². The third-order valence-electron chi connectivity index (χ3n) is 5.17. The van der Waals surface area contributed by atoms with Crippen LogP contribution in [-0.4, -0.2) is 32.3 Å². The summed E-state index contributed by atoms with van der Waals surface area (Å²) in [5, 5.41) is 15.2. The fraction of sp³-hybridized carbons (Fsp3) is 0.333. The van der Waals surface area contributed by atoms with E-state index >= 15 is 0 Å². The summed E-state index contributed by atoms with van der Waals surface area (Å²) in [5.74, 6) is 0.978. The molecular weight excluding hydrogens is 422 g/mol. The van der Waals surface area contributed by atoms with E-state index in [0.29, 0.717) is 23.0 Å². The first-order valence-electron chi connectivity index (χ1n) is 10.8. The summed E-state index contributed by atoms with van der Waals surface area (Å²) in [6.07, 6.45) is 2.25. The topological polar surface area (TPSA) is 88.9 Å². The molecule has 0 spiro atoms. The molecule has 0 aliphatic heterocycles. The van der Waals surface area contributed by atoms with E-state index in [-0.39, 0.29) is 23.5 Å². The molecule has 8 heteroatoms. The Morgan fingerprint density at radius 3 is 2.59 bits per heavy atom. The van der Waals surface area contributed by atoms with Crippen LogP contribution in [0.25, 0.3) is 0 Å². The number of thioether (sulfide) groups is 1. The molecule has 0 bridgehead atoms. The van der Waals surface area contributed by atoms with Gasteiger partial charge in [-0.15, -0.1) is 10.2 Å². The Bertz CT molecular complexity index is 1140. The van der Waals surface area contributed by atoms with Crippen molar-refractivity contribution in [3.05, 3.63) is 65.5 Å². The molecule has 0 unspecified atom stereocenters. The first-order valence-corrected chi connectivity index (χ1v) is 11.8. The van der Waals surface area contributed by atoms with Gasteiger partial charge in [-0.2, -0.15) is 0 Å². The van der Waals surface area contributed by atoms with Crippen molar-refractivity contribution in [1.29, 1.82) is 0 Å². The number of anilines is 2. The highest BCUT2D eigenvalue weighted by Gasteiger charge is 2.30. The molecule has 166 valence electrons. The molecule has 0 radical (unpaired) electrons. The molecule has 1 fully saturated rings. The molecule has 1 aromatic heterocycles. The van der Waals surface area contributed by atoms with E-state index in [1.165, 1.54) is 11.8 Å². The molecule has 1 heterocycles. The fourth-order valence-corrected chi connectivity index (χ4v) is 4.30. The number of aryl methyl sites for hydroxylation is 1. The van der Waals surface area contributed by atoms with Gasteiger partial charge in [-0.1, -0.05) is 49.9 Å². The van der Waals surface area contributed by atoms with Crippen molar-refractivity contribution in [3.8, 4) is 0 Å². The van der Waals surface area contributed by atoms with Crippen LogP contribution in [0.2, 0.25) is 0 Å². The zero-order valence-electron chi connectivity index (χ0n) is 18.5. The van der Waals surface area contributed by atoms with Gasteiger partial charge in [0.2, 0.25) is 5.91 Å². The van der Waals surface area contributed by atoms with E-state index in [9.17, 15) is 9.59 Å². The van der Waals surface area contributed by atoms with Crippen LogP contribution >= 0.6 is 11.8 Å². The normalized spacial score (nSPS) is 13.2. The fourth-order valence-electron chi connectivity index (χ4n) is 3.48. The highest BCUT2D eigenvalue weighted by molar-refractivity contribution is 7.99. The Morgan fingerprint density at radius 2 is 1.88 bits per heavy atom. The van der Waals surface area contributed by atoms with Crippen LogP contribution in [-0.2, 0) is 4.79 Å². The van der Waals surface area contributed by atoms with E-state index in [1.807, 2.05) is 31.2 Å². The number of carbonyl (C=O) groups excluding carboxylic acids is 2. The summed E-state index contributed by atoms with van der Waals surface area (Å²) >= 11 is 1.38. The summed E-state index contributed by atoms with van der Waals surface area (Å²) in [5.41, 5.74) is 2.67. The van der Waals surface area contributed by atoms with Crippen molar-refractivity contribution < 1.29 is 9.59 Å². The second-order valence-corrected chi connectivity index (χ2v) is 9.25. The smallest absolute Gasteiger partial charge is 0.257 e. The molecule has 1 aliphatic carbocycles. The number of nitrogens with zero attached hydrogens (tertiary/aromatic N) is 3. The number of carbonyl (C=O) groups is 2. The van der Waals surface area contributed by atoms with Crippen LogP contribution in [0.15, 0.2) is 53.7 Å². The van der Waals surface area contributed by atoms with Crippen LogP contribution in [0.5, 0.6) is 0 Å². The van der Waals surface area contributed by atoms with E-state index in [0.717, 1.165) is 29.4 Å². The van der Waals surface area contributed by atoms with Gasteiger partial charge in [-0.05, 0) is 49.6 Å². The third-order valence-corrected chi connectivity index (χ3v) is 6.12. The quantitative estimate of drug-likeness (QED) is 0.471. The van der Waals surface area contributed by atoms with Gasteiger partial charge >= 0.3 is 0 Å². The highest BCUT2D eigenvalue weighted by atomic mass is 32.2. The minimum absolute atomic E-state index is 0.191. The Balaban J connectivity index is 1.42. The van der Waals surface area contributed by atoms with Gasteiger partial charge in [0.25, 0.3) is 5.91 Å². The third kappa shape index (κ3) is 5.19. The molecule has 2 N–H and O–H groups in total. The monoisotopic (exact) mass is 449 g/mol. The van der Waals surface area contributed by atoms with E-state index in [1.54, 1.807) is 24.3 Å². The molecule has 0 atom stereocenters. The van der Waals surface area contributed by atoms with Crippen LogP contribution < -0.4 is 10.6 Å². The lowest BCUT2D eigenvalue weighted by molar-refractivity contribution is -0.113. The molecule has 1 aliphatic rings. The highest BCUT2D eigenvalue weighted by Crippen LogP contribution is 2.40. The molecule has 2 aromatic carbocycles. The SMILES string of the molecule is Cc1cccc(NC(=O)c2ccccc2NC(=O)CSc2nnc(C(C)C)n2C2CC2)c1. The summed E-state index contributed by atoms with van der Waals surface area (Å²) in [4.78, 5) is 25.5. The first kappa shape index (κ1) is 22.1. The van der Waals surface area contributed by atoms with Gasteiger partial charge in [-0.25, -0.2) is 0 Å². The second-order valence-electron chi connectivity index (χ2n) is 8.30. The maximum atomic E-state index is 12.8. The number of benzene rings is 2. The molecule has 7 nitrogen and oxygen atoms in total. The lowest BCUT2D eigenvalue weighted by Gasteiger charge is -2.12. The number of hydrogen-bond donors (Lipinski definition) is 2. The predicted molar refractivity (Wildman–Crippen MR) is 127 cm³/mol. The molecule has 3 aromatic rings. The number of amides is 2. The van der Waals surface area contributed by atoms with Gasteiger partial charge in [0.1, 0.15) is 5.82 Å². The van der Waals surface area contributed by atoms with Gasteiger partial charge in [0.15, 0.2) is 5.16 Å². The van der Waals surface area contributed by atoms with Crippen molar-refractivity contribution in [1.82, 2.24) is 14.8 Å². The zero-order chi connectivity index (χ0) is 22.7. The number of rotatable bonds is 8. The van der Waals surface area contributed by atoms with Gasteiger partial charge in [0.05, 0.1) is 17.0 Å². The van der Waals surface area contributed by atoms with Crippen molar-refractivity contribution in [2.45, 2.75) is 50.7 Å². The van der Waals surface area contributed by atoms with Crippen LogP contribution in [0.1, 0.15) is 60.4 Å². The molecule has 1 saturated carbocycles. The van der Waals surface area contributed by atoms with E-state index < -0.39 is 0 Å². The Kier molecular flexibility index (Phi) is 6.60. The summed E-state index contributed by atoms with van der Waals surface area (Å²) in [6.45, 7) is 6.17. The maximum Gasteiger partial charge on any atom is 0.257 e. The minimum atomic E-state index is -0.269. The van der Waals surface area contributed by atoms with Crippen molar-refractivity contribution in [3.63, 3.8) is 0 Å². The zero-order valence-corrected chi connectivity index (χ0v) is 19.3. The minimum Gasteiger partial charge on any atom is -0.325 e. The molecular formula is C24H27N5O2S. The predicted octanol–water partition coefficient (Wildman–Crippen LogP) is 5.03. The standard InChI is InChI=1S/C24H27N5O2S/c1-15(2)22-27-28-24(29(22)18-11-12-18)32-14-21(30)26-20-10-5-4-9-19(20)23(31)25-17-8-6-7-16(3)13-17/h4-10,13,15,18H,11-12,14H2,1-3H3,(H,25,31)(H,26,30). The van der Waals surface area contributed by atoms with E-state index in [4.69, 9.17) is 0 Å². The number of para-hydroxylation sites is 1. The van der Waals surface area contributed by atoms with Crippen molar-refractivity contribution >= 4 is 35.0 Å². The average Bonchev–Trinajstić information content (AvgIpc) is 3.51. The van der Waals surface area contributed by atoms with Crippen molar-refractivity contribution in [2.75, 3.05) is 16.4 Å². The van der Waals surface area contributed by atoms with Crippen LogP contribution in [0.3, 0.4) is 0 Å². The molecule has 32 heavy (non-hydrogen) atoms. The number of hydrogen-bond acceptors (Lipinski definition) is 5. The van der Waals surface area contributed by atoms with E-state index in [2.05, 4.69) is 39.2 Å². The molecule has 4 rings (SSSR count). The lowest BCUT2D eigenvalue weighted by atomic mass is 10.1. The lowest BCUT2D eigenvalue weighted by Crippen LogP contribution is -2.19. The number of aromatic nitrogens is 3. The Hall–Kier alpha value is -3.13. The summed E-state index contributed by atoms with van der Waals surface area (Å²) in [6, 6.07) is 15.0. The Morgan fingerprint density at radius 1 is 1.09 bits per heavy atom. The summed E-state index contributed by atoms with van der Waals surface area (Å²) < 4.78 is 2.17. The summed E-state index contributed by atoms with van der Waals surface area (Å²) in [7, 11) is 0. The number of nitrogens with one attached hydrogen (secondary N) is 2. The second kappa shape index (κ2) is 9.56. The first-order chi connectivity index (χ1) is 15.4. The van der Waals surface area contributed by atoms with Gasteiger partial charge in [0, 0.05) is 17.6 Å². The van der Waals surface area contributed by atoms with Crippen LogP contribution in [0, 0.1) is 6.92 Å². The largest absolute Gasteiger partial charge is 0.325 e. The average molecular weight is 450 g/mol. The van der Waals surface area contributed by atoms with Crippen molar-refractivity contribution in [2.24, 2.45) is 0 Å². The molecule has 0 saturated heterocycles. The molecule has 2 amide bonds. The maximum absolute atomic E-state index is 12.8. The van der Waals surface area contributed by atoms with Gasteiger partial charge < -0.3 is 15.2 Å². The van der Waals surface area contributed by atoms with Gasteiger partial charge in [-0.3, -0.25) is 9.59 Å². The Labute approximate surface area is 192 Å².